The number of aromatic amines is 1. The number of esters is 1. The zero-order valence-corrected chi connectivity index (χ0v) is 24.5. The van der Waals surface area contributed by atoms with Gasteiger partial charge in [0.25, 0.3) is 5.56 Å². The Kier molecular flexibility index (Phi) is 13.4. The summed E-state index contributed by atoms with van der Waals surface area (Å²) in [5.41, 5.74) is 10.4. The number of hydrogen-bond donors (Lipinski definition) is 4. The Morgan fingerprint density at radius 1 is 1.15 bits per heavy atom. The third-order valence-corrected chi connectivity index (χ3v) is 7.72. The molecule has 2 aromatic heterocycles. The normalized spacial score (nSPS) is 18.7. The highest BCUT2D eigenvalue weighted by molar-refractivity contribution is 5.71. The van der Waals surface area contributed by atoms with Crippen LogP contribution in [0, 0.1) is 5.92 Å². The van der Waals surface area contributed by atoms with Gasteiger partial charge in [-0.2, -0.15) is 4.98 Å². The fourth-order valence-corrected chi connectivity index (χ4v) is 5.27. The van der Waals surface area contributed by atoms with E-state index in [2.05, 4.69) is 40.5 Å². The van der Waals surface area contributed by atoms with Gasteiger partial charge in [-0.05, 0) is 37.7 Å². The van der Waals surface area contributed by atoms with Crippen LogP contribution in [-0.2, 0) is 14.4 Å². The molecule has 0 radical (unpaired) electrons. The summed E-state index contributed by atoms with van der Waals surface area (Å²) in [5.74, 6) is -0.678. The van der Waals surface area contributed by atoms with Gasteiger partial charge in [0.2, 0.25) is 5.95 Å². The molecule has 2 aromatic rings. The SMILES string of the molecule is C=C(CCCCCCCCC(=O)OC[C@H]1C(=C)[C@@H](n2cnc3c(=O)[nH]c(N)nc32)C[C@@H]1O)NOCCCCCCC. The van der Waals surface area contributed by atoms with Gasteiger partial charge in [0.1, 0.15) is 6.61 Å². The van der Waals surface area contributed by atoms with E-state index in [1.807, 2.05) is 0 Å². The number of ether oxygens (including phenoxy) is 1. The molecule has 0 amide bonds. The third kappa shape index (κ3) is 10.00. The van der Waals surface area contributed by atoms with E-state index in [-0.39, 0.29) is 30.1 Å². The number of aromatic nitrogens is 4. The van der Waals surface area contributed by atoms with Crippen molar-refractivity contribution in [1.29, 1.82) is 0 Å². The van der Waals surface area contributed by atoms with Crippen molar-refractivity contribution in [2.24, 2.45) is 5.92 Å². The van der Waals surface area contributed by atoms with Gasteiger partial charge in [-0.15, -0.1) is 0 Å². The van der Waals surface area contributed by atoms with Gasteiger partial charge in [0.15, 0.2) is 11.2 Å². The molecule has 0 aliphatic heterocycles. The molecule has 0 unspecified atom stereocenters. The number of nitrogens with two attached hydrogens (primary N) is 1. The number of nitrogens with one attached hydrogen (secondary N) is 2. The van der Waals surface area contributed by atoms with E-state index in [9.17, 15) is 14.7 Å². The number of imidazole rings is 1. The lowest BCUT2D eigenvalue weighted by Gasteiger charge is -2.17. The van der Waals surface area contributed by atoms with Crippen LogP contribution in [0.2, 0.25) is 0 Å². The molecule has 11 nitrogen and oxygen atoms in total. The van der Waals surface area contributed by atoms with Crippen LogP contribution < -0.4 is 16.8 Å². The Morgan fingerprint density at radius 2 is 1.83 bits per heavy atom. The van der Waals surface area contributed by atoms with Gasteiger partial charge in [-0.1, -0.05) is 71.4 Å². The standard InChI is InChI=1S/C30H48N6O5/c1-4-5-6-11-14-17-41-35-21(2)15-12-9-7-8-10-13-16-26(38)40-19-23-22(3)24(18-25(23)37)36-20-32-27-28(36)33-30(31)34-29(27)39/h20,23-25,35,37H,2-19H2,1H3,(H3,31,33,34,39)/t23-,24-,25-/m0/s1. The summed E-state index contributed by atoms with van der Waals surface area (Å²) in [4.78, 5) is 40.7. The minimum absolute atomic E-state index is 0.00808. The van der Waals surface area contributed by atoms with E-state index in [4.69, 9.17) is 15.3 Å². The van der Waals surface area contributed by atoms with Gasteiger partial charge in [-0.3, -0.25) is 24.9 Å². The maximum absolute atomic E-state index is 12.3. The summed E-state index contributed by atoms with van der Waals surface area (Å²) in [6.07, 6.45) is 14.6. The molecule has 2 heterocycles. The van der Waals surface area contributed by atoms with Crippen LogP contribution >= 0.6 is 0 Å². The Balaban J connectivity index is 1.24. The summed E-state index contributed by atoms with van der Waals surface area (Å²) < 4.78 is 7.19. The summed E-state index contributed by atoms with van der Waals surface area (Å²) in [5, 5.41) is 10.6. The molecule has 228 valence electrons. The number of allylic oxidation sites excluding steroid dienone is 1. The lowest BCUT2D eigenvalue weighted by Crippen LogP contribution is -2.22. The van der Waals surface area contributed by atoms with E-state index in [0.717, 1.165) is 63.7 Å². The number of hydroxylamine groups is 1. The first kappa shape index (κ1) is 32.3. The quantitative estimate of drug-likeness (QED) is 0.0753. The smallest absolute Gasteiger partial charge is 0.305 e. The summed E-state index contributed by atoms with van der Waals surface area (Å²) in [6, 6.07) is -0.326. The summed E-state index contributed by atoms with van der Waals surface area (Å²) >= 11 is 0. The van der Waals surface area contributed by atoms with E-state index < -0.39 is 17.6 Å². The molecule has 11 heteroatoms. The second-order valence-corrected chi connectivity index (χ2v) is 11.0. The topological polar surface area (TPSA) is 157 Å². The maximum atomic E-state index is 12.3. The molecule has 41 heavy (non-hydrogen) atoms. The van der Waals surface area contributed by atoms with Crippen molar-refractivity contribution >= 4 is 23.1 Å². The highest BCUT2D eigenvalue weighted by atomic mass is 16.6. The minimum atomic E-state index is -0.731. The lowest BCUT2D eigenvalue weighted by atomic mass is 10.0. The van der Waals surface area contributed by atoms with Crippen molar-refractivity contribution < 1.29 is 19.5 Å². The molecule has 1 aliphatic carbocycles. The molecule has 0 bridgehead atoms. The van der Waals surface area contributed by atoms with Crippen molar-refractivity contribution in [3.8, 4) is 0 Å². The number of nitrogen functional groups attached to an aromatic ring is 1. The highest BCUT2D eigenvalue weighted by Gasteiger charge is 2.39. The number of carbonyl (C=O) groups excluding carboxylic acids is 1. The Labute approximate surface area is 242 Å². The second kappa shape index (κ2) is 16.9. The van der Waals surface area contributed by atoms with Gasteiger partial charge < -0.3 is 20.1 Å². The fourth-order valence-electron chi connectivity index (χ4n) is 5.27. The molecule has 5 N–H and O–H groups in total. The molecule has 0 spiro atoms. The summed E-state index contributed by atoms with van der Waals surface area (Å²) in [7, 11) is 0. The minimum Gasteiger partial charge on any atom is -0.465 e. The van der Waals surface area contributed by atoms with Gasteiger partial charge >= 0.3 is 5.97 Å². The zero-order valence-electron chi connectivity index (χ0n) is 24.5. The van der Waals surface area contributed by atoms with E-state index in [0.29, 0.717) is 24.1 Å². The van der Waals surface area contributed by atoms with Crippen LogP contribution in [0.25, 0.3) is 11.2 Å². The number of nitrogens with zero attached hydrogens (tertiary/aromatic N) is 3. The number of hydrogen-bond acceptors (Lipinski definition) is 9. The van der Waals surface area contributed by atoms with Crippen LogP contribution in [0.1, 0.15) is 103 Å². The number of aliphatic hydroxyl groups excluding tert-OH is 1. The molecule has 0 saturated heterocycles. The predicted molar refractivity (Wildman–Crippen MR) is 160 cm³/mol. The van der Waals surface area contributed by atoms with Crippen LogP contribution in [0.4, 0.5) is 5.95 Å². The molecular formula is C30H48N6O5. The number of aliphatic hydroxyl groups is 1. The van der Waals surface area contributed by atoms with Gasteiger partial charge in [0.05, 0.1) is 25.1 Å². The molecule has 1 saturated carbocycles. The molecule has 0 aromatic carbocycles. The van der Waals surface area contributed by atoms with Crippen molar-refractivity contribution in [1.82, 2.24) is 25.0 Å². The van der Waals surface area contributed by atoms with E-state index in [1.165, 1.54) is 32.0 Å². The van der Waals surface area contributed by atoms with Crippen molar-refractivity contribution in [3.05, 3.63) is 41.1 Å². The monoisotopic (exact) mass is 572 g/mol. The average Bonchev–Trinajstić information content (AvgIpc) is 3.48. The summed E-state index contributed by atoms with van der Waals surface area (Å²) in [6.45, 7) is 11.2. The maximum Gasteiger partial charge on any atom is 0.305 e. The first-order valence-electron chi connectivity index (χ1n) is 15.1. The number of carbonyl (C=O) groups is 1. The molecular weight excluding hydrogens is 524 g/mol. The van der Waals surface area contributed by atoms with Crippen LogP contribution in [0.3, 0.4) is 0 Å². The number of fused-ring (bicyclic) bond motifs is 1. The van der Waals surface area contributed by atoms with Crippen molar-refractivity contribution in [2.75, 3.05) is 18.9 Å². The lowest BCUT2D eigenvalue weighted by molar-refractivity contribution is -0.145. The van der Waals surface area contributed by atoms with Crippen molar-refractivity contribution in [2.45, 2.75) is 109 Å². The van der Waals surface area contributed by atoms with Crippen LogP contribution in [0.15, 0.2) is 35.5 Å². The number of H-pyrrole nitrogens is 1. The van der Waals surface area contributed by atoms with Gasteiger partial charge in [-0.25, -0.2) is 4.98 Å². The molecule has 1 fully saturated rings. The molecule has 3 rings (SSSR count). The van der Waals surface area contributed by atoms with Crippen LogP contribution in [0.5, 0.6) is 0 Å². The zero-order chi connectivity index (χ0) is 29.6. The largest absolute Gasteiger partial charge is 0.465 e. The number of unbranched alkanes of at least 4 members (excludes halogenated alkanes) is 9. The number of anilines is 1. The second-order valence-electron chi connectivity index (χ2n) is 11.0. The van der Waals surface area contributed by atoms with E-state index in [1.54, 1.807) is 4.57 Å². The Hall–Kier alpha value is -3.18. The fraction of sp³-hybridized carbons (Fsp3) is 0.667. The van der Waals surface area contributed by atoms with Crippen LogP contribution in [-0.4, -0.2) is 49.9 Å². The van der Waals surface area contributed by atoms with Gasteiger partial charge in [0, 0.05) is 18.0 Å². The molecule has 3 atom stereocenters. The number of rotatable bonds is 20. The average molecular weight is 573 g/mol. The molecule has 1 aliphatic rings. The predicted octanol–water partition coefficient (Wildman–Crippen LogP) is 4.85. The first-order chi connectivity index (χ1) is 19.8. The Bertz CT molecular complexity index is 1190. The third-order valence-electron chi connectivity index (χ3n) is 7.72. The highest BCUT2D eigenvalue weighted by Crippen LogP contribution is 2.40. The Morgan fingerprint density at radius 3 is 2.59 bits per heavy atom. The first-order valence-corrected chi connectivity index (χ1v) is 15.1. The van der Waals surface area contributed by atoms with Crippen molar-refractivity contribution in [3.63, 3.8) is 0 Å². The van der Waals surface area contributed by atoms with E-state index >= 15 is 0 Å².